The molecule has 0 aliphatic carbocycles. The van der Waals surface area contributed by atoms with E-state index in [0.717, 1.165) is 0 Å². The average molecular weight is 346 g/mol. The zero-order valence-electron chi connectivity index (χ0n) is 12.5. The minimum atomic E-state index is -4.18. The van der Waals surface area contributed by atoms with Crippen LogP contribution in [0.3, 0.4) is 0 Å². The van der Waals surface area contributed by atoms with Gasteiger partial charge in [-0.2, -0.15) is 9.97 Å². The monoisotopic (exact) mass is 346 g/mol. The maximum atomic E-state index is 10.7. The molecule has 0 saturated carbocycles. The number of rotatable bonds is 8. The number of aliphatic hydroxyl groups excluding tert-OH is 1. The number of imidazole rings is 1. The van der Waals surface area contributed by atoms with Crippen LogP contribution < -0.4 is 11.1 Å². The first-order valence-corrected chi connectivity index (χ1v) is 8.58. The molecule has 23 heavy (non-hydrogen) atoms. The van der Waals surface area contributed by atoms with E-state index in [1.165, 1.54) is 6.33 Å². The summed E-state index contributed by atoms with van der Waals surface area (Å²) in [5.74, 6) is 0.451. The number of nitrogens with two attached hydrogens (primary N) is 1. The summed E-state index contributed by atoms with van der Waals surface area (Å²) in [4.78, 5) is 29.8. The summed E-state index contributed by atoms with van der Waals surface area (Å²) >= 11 is 0. The molecule has 0 aromatic carbocycles. The maximum Gasteiger partial charge on any atom is 0.350 e. The maximum absolute atomic E-state index is 10.7. The molecule has 2 aromatic heterocycles. The van der Waals surface area contributed by atoms with Crippen LogP contribution in [0.25, 0.3) is 11.2 Å². The molecular weight excluding hydrogens is 327 g/mol. The molecule has 128 valence electrons. The zero-order valence-corrected chi connectivity index (χ0v) is 13.3. The van der Waals surface area contributed by atoms with E-state index in [1.807, 2.05) is 0 Å². The average Bonchev–Trinajstić information content (AvgIpc) is 2.85. The quantitative estimate of drug-likeness (QED) is 0.306. The van der Waals surface area contributed by atoms with Crippen LogP contribution in [0.1, 0.15) is 6.92 Å². The fraction of sp³-hybridized carbons (Fsp3) is 0.545. The fourth-order valence-electron chi connectivity index (χ4n) is 1.85. The van der Waals surface area contributed by atoms with Gasteiger partial charge in [-0.15, -0.1) is 0 Å². The normalized spacial score (nSPS) is 13.4. The van der Waals surface area contributed by atoms with Crippen molar-refractivity contribution in [1.82, 2.24) is 19.5 Å². The van der Waals surface area contributed by atoms with Crippen LogP contribution in [0.4, 0.5) is 11.8 Å². The van der Waals surface area contributed by atoms with Crippen LogP contribution in [0.2, 0.25) is 0 Å². The van der Waals surface area contributed by atoms with Gasteiger partial charge in [-0.05, 0) is 6.92 Å². The molecule has 0 spiro atoms. The van der Waals surface area contributed by atoms with Crippen molar-refractivity contribution >= 4 is 30.5 Å². The van der Waals surface area contributed by atoms with E-state index >= 15 is 0 Å². The van der Waals surface area contributed by atoms with E-state index in [4.69, 9.17) is 25.4 Å². The second-order valence-corrected chi connectivity index (χ2v) is 6.56. The van der Waals surface area contributed by atoms with Gasteiger partial charge in [-0.1, -0.05) is 0 Å². The first-order chi connectivity index (χ1) is 10.8. The predicted molar refractivity (Wildman–Crippen MR) is 82.8 cm³/mol. The molecule has 6 N–H and O–H groups in total. The molecule has 1 unspecified atom stereocenters. The lowest BCUT2D eigenvalue weighted by Gasteiger charge is -2.12. The second-order valence-electron chi connectivity index (χ2n) is 4.97. The van der Waals surface area contributed by atoms with Crippen molar-refractivity contribution in [3.63, 3.8) is 0 Å². The lowest BCUT2D eigenvalue weighted by Crippen LogP contribution is -2.20. The summed E-state index contributed by atoms with van der Waals surface area (Å²) in [6.45, 7) is 2.07. The Bertz CT molecular complexity index is 716. The Hall–Kier alpha value is -1.78. The third-order valence-corrected chi connectivity index (χ3v) is 3.39. The number of aromatic nitrogens is 4. The standard InChI is InChI=1S/C11H19N6O5P/c1-7(4-18)14-9-8-10(16-11(12)15-9)17(5-13-8)2-3-22-6-23(19,20)21/h5,7,18H,2-4,6H2,1H3,(H2,19,20,21)(H3,12,14,15,16). The Kier molecular flexibility index (Phi) is 5.50. The van der Waals surface area contributed by atoms with Crippen LogP contribution >= 0.6 is 7.60 Å². The summed E-state index contributed by atoms with van der Waals surface area (Å²) in [6, 6.07) is -0.232. The molecule has 2 aromatic rings. The topological polar surface area (TPSA) is 169 Å². The Balaban J connectivity index is 2.14. The lowest BCUT2D eigenvalue weighted by atomic mass is 10.3. The summed E-state index contributed by atoms with van der Waals surface area (Å²) < 4.78 is 17.3. The highest BCUT2D eigenvalue weighted by Crippen LogP contribution is 2.33. The summed E-state index contributed by atoms with van der Waals surface area (Å²) in [5.41, 5.74) is 6.63. The Morgan fingerprint density at radius 1 is 1.48 bits per heavy atom. The van der Waals surface area contributed by atoms with Gasteiger partial charge >= 0.3 is 7.60 Å². The van der Waals surface area contributed by atoms with Gasteiger partial charge in [0.2, 0.25) is 5.95 Å². The van der Waals surface area contributed by atoms with Gasteiger partial charge in [-0.25, -0.2) is 4.98 Å². The van der Waals surface area contributed by atoms with Crippen molar-refractivity contribution in [2.45, 2.75) is 19.5 Å². The van der Waals surface area contributed by atoms with E-state index in [9.17, 15) is 4.57 Å². The first kappa shape index (κ1) is 17.6. The molecule has 1 atom stereocenters. The molecule has 11 nitrogen and oxygen atoms in total. The molecule has 0 aliphatic heterocycles. The number of anilines is 2. The Morgan fingerprint density at radius 3 is 2.87 bits per heavy atom. The Labute approximate surface area is 131 Å². The Morgan fingerprint density at radius 2 is 2.22 bits per heavy atom. The van der Waals surface area contributed by atoms with Gasteiger partial charge in [0.15, 0.2) is 17.0 Å². The predicted octanol–water partition coefficient (Wildman–Crippen LogP) is -0.647. The van der Waals surface area contributed by atoms with Crippen molar-refractivity contribution in [2.75, 3.05) is 30.6 Å². The molecule has 12 heteroatoms. The van der Waals surface area contributed by atoms with E-state index in [1.54, 1.807) is 11.5 Å². The highest BCUT2D eigenvalue weighted by atomic mass is 31.2. The lowest BCUT2D eigenvalue weighted by molar-refractivity contribution is 0.149. The smallest absolute Gasteiger partial charge is 0.350 e. The second kappa shape index (κ2) is 7.20. The van der Waals surface area contributed by atoms with Gasteiger partial charge in [0, 0.05) is 12.6 Å². The van der Waals surface area contributed by atoms with Crippen molar-refractivity contribution in [2.24, 2.45) is 0 Å². The minimum absolute atomic E-state index is 0.0445. The molecule has 2 rings (SSSR count). The number of aliphatic hydroxyl groups is 1. The van der Waals surface area contributed by atoms with E-state index < -0.39 is 13.9 Å². The molecule has 0 bridgehead atoms. The largest absolute Gasteiger partial charge is 0.394 e. The van der Waals surface area contributed by atoms with Crippen molar-refractivity contribution in [3.05, 3.63) is 6.33 Å². The van der Waals surface area contributed by atoms with Gasteiger partial charge in [0.25, 0.3) is 0 Å². The molecule has 0 aliphatic rings. The van der Waals surface area contributed by atoms with Crippen molar-refractivity contribution in [3.8, 4) is 0 Å². The molecule has 0 amide bonds. The van der Waals surface area contributed by atoms with Crippen molar-refractivity contribution in [1.29, 1.82) is 0 Å². The highest BCUT2D eigenvalue weighted by molar-refractivity contribution is 7.51. The van der Waals surface area contributed by atoms with Gasteiger partial charge in [-0.3, -0.25) is 4.57 Å². The van der Waals surface area contributed by atoms with E-state index in [-0.39, 0.29) is 25.2 Å². The number of nitrogen functional groups attached to an aromatic ring is 1. The molecule has 0 radical (unpaired) electrons. The highest BCUT2D eigenvalue weighted by Gasteiger charge is 2.15. The summed E-state index contributed by atoms with van der Waals surface area (Å²) in [6.07, 6.45) is 0.867. The van der Waals surface area contributed by atoms with Crippen LogP contribution in [0.5, 0.6) is 0 Å². The number of hydrogen-bond acceptors (Lipinski definition) is 8. The number of nitrogens with zero attached hydrogens (tertiary/aromatic N) is 4. The van der Waals surface area contributed by atoms with Crippen LogP contribution in [0, 0.1) is 0 Å². The zero-order chi connectivity index (χ0) is 17.0. The third kappa shape index (κ3) is 4.85. The molecular formula is C11H19N6O5P. The van der Waals surface area contributed by atoms with Crippen LogP contribution in [0.15, 0.2) is 6.33 Å². The van der Waals surface area contributed by atoms with E-state index in [0.29, 0.717) is 23.5 Å². The number of fused-ring (bicyclic) bond motifs is 1. The third-order valence-electron chi connectivity index (χ3n) is 2.87. The first-order valence-electron chi connectivity index (χ1n) is 6.78. The number of hydrogen-bond donors (Lipinski definition) is 5. The van der Waals surface area contributed by atoms with Crippen LogP contribution in [-0.4, -0.2) is 60.0 Å². The number of nitrogens with one attached hydrogen (secondary N) is 1. The molecule has 0 fully saturated rings. The molecule has 0 saturated heterocycles. The molecule has 2 heterocycles. The van der Waals surface area contributed by atoms with Gasteiger partial charge < -0.3 is 35.2 Å². The fourth-order valence-corrected chi connectivity index (χ4v) is 2.22. The van der Waals surface area contributed by atoms with Crippen molar-refractivity contribution < 1.29 is 24.2 Å². The summed E-state index contributed by atoms with van der Waals surface area (Å²) in [7, 11) is -4.18. The minimum Gasteiger partial charge on any atom is -0.394 e. The van der Waals surface area contributed by atoms with E-state index in [2.05, 4.69) is 20.3 Å². The van der Waals surface area contributed by atoms with Gasteiger partial charge in [0.05, 0.1) is 19.5 Å². The SMILES string of the molecule is CC(CO)Nc1nc(N)nc2c1ncn2CCOCP(=O)(O)O. The summed E-state index contributed by atoms with van der Waals surface area (Å²) in [5, 5.41) is 12.1. The van der Waals surface area contributed by atoms with Crippen LogP contribution in [-0.2, 0) is 15.8 Å². The number of ether oxygens (including phenoxy) is 1. The van der Waals surface area contributed by atoms with Gasteiger partial charge in [0.1, 0.15) is 6.35 Å².